The molecule has 0 aromatic heterocycles. The van der Waals surface area contributed by atoms with Gasteiger partial charge in [-0.25, -0.2) is 0 Å². The molecule has 0 fully saturated rings. The first kappa shape index (κ1) is 36.1. The number of benzene rings is 3. The molecule has 8 heteroatoms. The highest BCUT2D eigenvalue weighted by molar-refractivity contribution is 7.27. The summed E-state index contributed by atoms with van der Waals surface area (Å²) in [5, 5.41) is 3.63. The Hall–Kier alpha value is -1.07. The third-order valence-electron chi connectivity index (χ3n) is 5.06. The SMILES string of the molecule is COc1c(C)cc(P)cc1C.COc1c(C)cc(P)cc1C.COc1c(C)cc(P)cc1C.Cl.Cl. The first-order valence-electron chi connectivity index (χ1n) is 10.7. The van der Waals surface area contributed by atoms with Gasteiger partial charge in [0, 0.05) is 0 Å². The first-order chi connectivity index (χ1) is 15.4. The Balaban J connectivity index is 0. The van der Waals surface area contributed by atoms with Gasteiger partial charge in [-0.05, 0) is 127 Å². The largest absolute Gasteiger partial charge is 0.496 e. The average Bonchev–Trinajstić information content (AvgIpc) is 2.68. The Bertz CT molecular complexity index is 884. The second-order valence-electron chi connectivity index (χ2n) is 8.06. The Labute approximate surface area is 231 Å². The van der Waals surface area contributed by atoms with E-state index < -0.39 is 0 Å². The van der Waals surface area contributed by atoms with Crippen LogP contribution >= 0.6 is 52.5 Å². The van der Waals surface area contributed by atoms with Crippen LogP contribution in [0.1, 0.15) is 33.4 Å². The molecule has 0 N–H and O–H groups in total. The zero-order valence-corrected chi connectivity index (χ0v) is 27.3. The number of aryl methyl sites for hydroxylation is 6. The molecule has 0 bridgehead atoms. The minimum Gasteiger partial charge on any atom is -0.496 e. The van der Waals surface area contributed by atoms with Gasteiger partial charge in [-0.2, -0.15) is 0 Å². The van der Waals surface area contributed by atoms with E-state index in [4.69, 9.17) is 14.2 Å². The van der Waals surface area contributed by atoms with Gasteiger partial charge in [-0.3, -0.25) is 0 Å². The third-order valence-corrected chi connectivity index (χ3v) is 6.06. The molecule has 0 radical (unpaired) electrons. The summed E-state index contributed by atoms with van der Waals surface area (Å²) in [6, 6.07) is 12.6. The number of halogens is 2. The van der Waals surface area contributed by atoms with Gasteiger partial charge in [-0.1, -0.05) is 0 Å². The Morgan fingerprint density at radius 3 is 0.657 bits per heavy atom. The Kier molecular flexibility index (Phi) is 17.9. The third kappa shape index (κ3) is 11.2. The molecular weight excluding hydrogens is 536 g/mol. The second kappa shape index (κ2) is 17.4. The molecule has 0 aliphatic rings. The second-order valence-corrected chi connectivity index (χ2v) is 10.1. The van der Waals surface area contributed by atoms with Gasteiger partial charge in [0.1, 0.15) is 17.2 Å². The summed E-state index contributed by atoms with van der Waals surface area (Å²) in [5.41, 5.74) is 7.15. The van der Waals surface area contributed by atoms with E-state index in [0.29, 0.717) is 0 Å². The van der Waals surface area contributed by atoms with E-state index in [1.165, 1.54) is 49.3 Å². The van der Waals surface area contributed by atoms with E-state index in [1.54, 1.807) is 21.3 Å². The van der Waals surface area contributed by atoms with Crippen molar-refractivity contribution in [1.82, 2.24) is 0 Å². The zero-order chi connectivity index (χ0) is 25.3. The minimum absolute atomic E-state index is 0. The average molecular weight is 577 g/mol. The lowest BCUT2D eigenvalue weighted by atomic mass is 10.1. The van der Waals surface area contributed by atoms with E-state index >= 15 is 0 Å². The van der Waals surface area contributed by atoms with Gasteiger partial charge in [0.05, 0.1) is 21.3 Å². The van der Waals surface area contributed by atoms with E-state index in [2.05, 4.69) is 106 Å². The monoisotopic (exact) mass is 576 g/mol. The number of rotatable bonds is 3. The predicted octanol–water partition coefficient (Wildman–Crippen LogP) is 6.28. The lowest BCUT2D eigenvalue weighted by Gasteiger charge is -2.08. The number of methoxy groups -OCH3 is 3. The Morgan fingerprint density at radius 2 is 0.543 bits per heavy atom. The van der Waals surface area contributed by atoms with Crippen LogP contribution in [0.5, 0.6) is 17.2 Å². The molecule has 0 aliphatic carbocycles. The lowest BCUT2D eigenvalue weighted by molar-refractivity contribution is 0.408. The topological polar surface area (TPSA) is 27.7 Å². The van der Waals surface area contributed by atoms with Crippen LogP contribution in [-0.2, 0) is 0 Å². The molecule has 196 valence electrons. The van der Waals surface area contributed by atoms with Crippen molar-refractivity contribution in [3.05, 3.63) is 69.8 Å². The van der Waals surface area contributed by atoms with Crippen molar-refractivity contribution in [2.75, 3.05) is 21.3 Å². The normalized spacial score (nSPS) is 9.26. The highest BCUT2D eigenvalue weighted by Gasteiger charge is 2.03. The van der Waals surface area contributed by atoms with Crippen LogP contribution in [0, 0.1) is 41.5 Å². The van der Waals surface area contributed by atoms with Crippen molar-refractivity contribution in [3.8, 4) is 17.2 Å². The molecule has 3 nitrogen and oxygen atoms in total. The molecule has 0 aliphatic heterocycles. The van der Waals surface area contributed by atoms with Gasteiger partial charge in [0.2, 0.25) is 0 Å². The van der Waals surface area contributed by atoms with Crippen molar-refractivity contribution in [1.29, 1.82) is 0 Å². The van der Waals surface area contributed by atoms with Crippen LogP contribution in [0.15, 0.2) is 36.4 Å². The predicted molar refractivity (Wildman–Crippen MR) is 170 cm³/mol. The van der Waals surface area contributed by atoms with Crippen LogP contribution in [0.2, 0.25) is 0 Å². The number of ether oxygens (including phenoxy) is 3. The van der Waals surface area contributed by atoms with Crippen LogP contribution in [0.4, 0.5) is 0 Å². The van der Waals surface area contributed by atoms with Crippen LogP contribution in [-0.4, -0.2) is 21.3 Å². The van der Waals surface area contributed by atoms with Gasteiger partial charge in [-0.15, -0.1) is 52.5 Å². The summed E-state index contributed by atoms with van der Waals surface area (Å²) in [4.78, 5) is 0. The molecule has 0 saturated carbocycles. The maximum atomic E-state index is 5.22. The molecule has 3 unspecified atom stereocenters. The van der Waals surface area contributed by atoms with Crippen molar-refractivity contribution in [2.24, 2.45) is 0 Å². The maximum Gasteiger partial charge on any atom is 0.124 e. The fraction of sp³-hybridized carbons (Fsp3) is 0.333. The van der Waals surface area contributed by atoms with Crippen molar-refractivity contribution in [3.63, 3.8) is 0 Å². The molecule has 0 heterocycles. The highest BCUT2D eigenvalue weighted by atomic mass is 35.5. The van der Waals surface area contributed by atoms with Crippen LogP contribution < -0.4 is 30.1 Å². The molecule has 35 heavy (non-hydrogen) atoms. The van der Waals surface area contributed by atoms with Gasteiger partial charge in [0.25, 0.3) is 0 Å². The molecule has 0 saturated heterocycles. The van der Waals surface area contributed by atoms with Crippen LogP contribution in [0.3, 0.4) is 0 Å². The number of hydrogen-bond acceptors (Lipinski definition) is 3. The van der Waals surface area contributed by atoms with Gasteiger partial charge >= 0.3 is 0 Å². The summed E-state index contributed by atoms with van der Waals surface area (Å²) in [6.45, 7) is 12.3. The van der Waals surface area contributed by atoms with E-state index in [9.17, 15) is 0 Å². The smallest absolute Gasteiger partial charge is 0.124 e. The maximum absolute atomic E-state index is 5.22. The molecule has 3 aromatic rings. The van der Waals surface area contributed by atoms with Crippen molar-refractivity contribution in [2.45, 2.75) is 41.5 Å². The van der Waals surface area contributed by atoms with Crippen molar-refractivity contribution >= 4 is 68.4 Å². The minimum atomic E-state index is 0. The summed E-state index contributed by atoms with van der Waals surface area (Å²) >= 11 is 0. The molecule has 0 amide bonds. The van der Waals surface area contributed by atoms with Gasteiger partial charge < -0.3 is 14.2 Å². The Morgan fingerprint density at radius 1 is 0.400 bits per heavy atom. The highest BCUT2D eigenvalue weighted by Crippen LogP contribution is 2.22. The lowest BCUT2D eigenvalue weighted by Crippen LogP contribution is -1.97. The standard InChI is InChI=1S/3C9H13OP.2ClH/c3*1-6-4-8(11)5-7(2)9(6)10-3;;/h3*4-5H,11H2,1-3H3;2*1H. The van der Waals surface area contributed by atoms with Gasteiger partial charge in [0.15, 0.2) is 0 Å². The zero-order valence-electron chi connectivity index (χ0n) is 22.2. The van der Waals surface area contributed by atoms with Crippen LogP contribution in [0.25, 0.3) is 0 Å². The molecular formula is C27H41Cl2O3P3. The molecule has 3 aromatic carbocycles. The summed E-state index contributed by atoms with van der Waals surface area (Å²) in [6.07, 6.45) is 0. The number of hydrogen-bond donors (Lipinski definition) is 0. The molecule has 0 spiro atoms. The summed E-state index contributed by atoms with van der Waals surface area (Å²) in [7, 11) is 13.2. The molecule has 3 rings (SSSR count). The van der Waals surface area contributed by atoms with E-state index in [1.807, 2.05) is 0 Å². The molecule has 3 atom stereocenters. The van der Waals surface area contributed by atoms with E-state index in [-0.39, 0.29) is 24.8 Å². The fourth-order valence-corrected chi connectivity index (χ4v) is 5.42. The summed E-state index contributed by atoms with van der Waals surface area (Å²) < 4.78 is 15.7. The fourth-order valence-electron chi connectivity index (χ4n) is 3.92. The van der Waals surface area contributed by atoms with E-state index in [0.717, 1.165) is 17.2 Å². The quantitative estimate of drug-likeness (QED) is 0.343. The first-order valence-corrected chi connectivity index (χ1v) is 12.4. The van der Waals surface area contributed by atoms with Crippen molar-refractivity contribution < 1.29 is 14.2 Å². The summed E-state index contributed by atoms with van der Waals surface area (Å²) in [5.74, 6) is 2.99.